The lowest BCUT2D eigenvalue weighted by Crippen LogP contribution is -2.43. The normalized spacial score (nSPS) is 18.7. The molecule has 0 radical (unpaired) electrons. The molecule has 0 spiro atoms. The van der Waals surface area contributed by atoms with Gasteiger partial charge in [0.15, 0.2) is 0 Å². The van der Waals surface area contributed by atoms with Crippen molar-refractivity contribution in [1.29, 1.82) is 0 Å². The highest BCUT2D eigenvalue weighted by Crippen LogP contribution is 2.23. The van der Waals surface area contributed by atoms with Gasteiger partial charge in [-0.2, -0.15) is 0 Å². The van der Waals surface area contributed by atoms with E-state index in [4.69, 9.17) is 0 Å². The first-order valence-electron chi connectivity index (χ1n) is 8.36. The Morgan fingerprint density at radius 2 is 1.91 bits per heavy atom. The van der Waals surface area contributed by atoms with E-state index < -0.39 is 0 Å². The van der Waals surface area contributed by atoms with Crippen LogP contribution in [0.4, 0.5) is 11.4 Å². The Morgan fingerprint density at radius 1 is 1.30 bits per heavy atom. The first-order chi connectivity index (χ1) is 11.0. The topological polar surface area (TPSA) is 78.6 Å². The fourth-order valence-corrected chi connectivity index (χ4v) is 3.16. The van der Waals surface area contributed by atoms with Crippen molar-refractivity contribution in [3.8, 4) is 0 Å². The lowest BCUT2D eigenvalue weighted by Gasteiger charge is -2.34. The first-order valence-corrected chi connectivity index (χ1v) is 8.36. The average molecular weight is 321 g/mol. The van der Waals surface area contributed by atoms with E-state index >= 15 is 0 Å². The summed E-state index contributed by atoms with van der Waals surface area (Å²) in [5, 5.41) is 23.7. The highest BCUT2D eigenvalue weighted by molar-refractivity contribution is 5.51. The minimum atomic E-state index is -0.367. The summed E-state index contributed by atoms with van der Waals surface area (Å²) in [7, 11) is 0. The maximum absolute atomic E-state index is 10.7. The monoisotopic (exact) mass is 321 g/mol. The van der Waals surface area contributed by atoms with E-state index in [9.17, 15) is 15.2 Å². The fourth-order valence-electron chi connectivity index (χ4n) is 3.16. The minimum Gasteiger partial charge on any atom is -0.393 e. The van der Waals surface area contributed by atoms with Crippen LogP contribution in [0.15, 0.2) is 24.3 Å². The SMILES string of the molecule is CC(O)CC(C)CNC1CCN(c2ccc([N+](=O)[O-])cc2)CC1. The van der Waals surface area contributed by atoms with E-state index in [0.717, 1.165) is 44.6 Å². The second-order valence-electron chi connectivity index (χ2n) is 6.63. The number of hydrogen-bond donors (Lipinski definition) is 2. The van der Waals surface area contributed by atoms with Crippen molar-refractivity contribution in [2.24, 2.45) is 5.92 Å². The number of anilines is 1. The Morgan fingerprint density at radius 3 is 2.43 bits per heavy atom. The van der Waals surface area contributed by atoms with Crippen LogP contribution in [0.1, 0.15) is 33.1 Å². The molecule has 1 aromatic carbocycles. The third-order valence-corrected chi connectivity index (χ3v) is 4.42. The Bertz CT molecular complexity index is 496. The van der Waals surface area contributed by atoms with Gasteiger partial charge in [-0.05, 0) is 50.8 Å². The van der Waals surface area contributed by atoms with Crippen molar-refractivity contribution in [1.82, 2.24) is 5.32 Å². The molecular weight excluding hydrogens is 294 g/mol. The standard InChI is InChI=1S/C17H27N3O3/c1-13(11-14(2)21)12-18-15-7-9-19(10-8-15)16-3-5-17(6-4-16)20(22)23/h3-6,13-15,18,21H,7-12H2,1-2H3. The second kappa shape index (κ2) is 8.26. The molecule has 1 fully saturated rings. The molecule has 6 heteroatoms. The largest absolute Gasteiger partial charge is 0.393 e. The predicted octanol–water partition coefficient (Wildman–Crippen LogP) is 2.56. The molecule has 1 saturated heterocycles. The molecule has 0 aromatic heterocycles. The number of nitrogens with one attached hydrogen (secondary N) is 1. The maximum Gasteiger partial charge on any atom is 0.269 e. The molecule has 2 atom stereocenters. The lowest BCUT2D eigenvalue weighted by atomic mass is 10.0. The summed E-state index contributed by atoms with van der Waals surface area (Å²) < 4.78 is 0. The van der Waals surface area contributed by atoms with E-state index in [1.165, 1.54) is 0 Å². The third-order valence-electron chi connectivity index (χ3n) is 4.42. The van der Waals surface area contributed by atoms with E-state index in [0.29, 0.717) is 12.0 Å². The smallest absolute Gasteiger partial charge is 0.269 e. The zero-order valence-corrected chi connectivity index (χ0v) is 13.9. The molecular formula is C17H27N3O3. The molecule has 1 aliphatic rings. The quantitative estimate of drug-likeness (QED) is 0.596. The fraction of sp³-hybridized carbons (Fsp3) is 0.647. The molecule has 2 N–H and O–H groups in total. The molecule has 0 amide bonds. The average Bonchev–Trinajstić information content (AvgIpc) is 2.53. The summed E-state index contributed by atoms with van der Waals surface area (Å²) in [6, 6.07) is 7.31. The van der Waals surface area contributed by atoms with Crippen molar-refractivity contribution < 1.29 is 10.0 Å². The number of nitro benzene ring substituents is 1. The number of benzene rings is 1. The molecule has 128 valence electrons. The van der Waals surface area contributed by atoms with Gasteiger partial charge in [0, 0.05) is 37.0 Å². The second-order valence-corrected chi connectivity index (χ2v) is 6.63. The maximum atomic E-state index is 10.7. The third kappa shape index (κ3) is 5.48. The summed E-state index contributed by atoms with van der Waals surface area (Å²) in [4.78, 5) is 12.6. The van der Waals surface area contributed by atoms with Crippen molar-refractivity contribution in [2.45, 2.75) is 45.3 Å². The van der Waals surface area contributed by atoms with Crippen LogP contribution >= 0.6 is 0 Å². The van der Waals surface area contributed by atoms with Crippen molar-refractivity contribution >= 4 is 11.4 Å². The highest BCUT2D eigenvalue weighted by Gasteiger charge is 2.20. The van der Waals surface area contributed by atoms with Crippen molar-refractivity contribution in [3.63, 3.8) is 0 Å². The zero-order valence-electron chi connectivity index (χ0n) is 13.9. The van der Waals surface area contributed by atoms with Gasteiger partial charge in [0.05, 0.1) is 11.0 Å². The predicted molar refractivity (Wildman–Crippen MR) is 91.8 cm³/mol. The molecule has 23 heavy (non-hydrogen) atoms. The minimum absolute atomic E-state index is 0.136. The summed E-state index contributed by atoms with van der Waals surface area (Å²) >= 11 is 0. The number of piperidine rings is 1. The number of aliphatic hydroxyl groups is 1. The van der Waals surface area contributed by atoms with Crippen LogP contribution in [0, 0.1) is 16.0 Å². The molecule has 1 aromatic rings. The van der Waals surface area contributed by atoms with Gasteiger partial charge in [-0.25, -0.2) is 0 Å². The van der Waals surface area contributed by atoms with Gasteiger partial charge in [0.25, 0.3) is 5.69 Å². The van der Waals surface area contributed by atoms with Crippen LogP contribution in [-0.4, -0.2) is 41.8 Å². The van der Waals surface area contributed by atoms with Gasteiger partial charge in [-0.1, -0.05) is 6.92 Å². The number of rotatable bonds is 7. The van der Waals surface area contributed by atoms with Crippen LogP contribution in [-0.2, 0) is 0 Å². The highest BCUT2D eigenvalue weighted by atomic mass is 16.6. The van der Waals surface area contributed by atoms with Gasteiger partial charge >= 0.3 is 0 Å². The van der Waals surface area contributed by atoms with Gasteiger partial charge in [0.1, 0.15) is 0 Å². The van der Waals surface area contributed by atoms with Gasteiger partial charge in [-0.3, -0.25) is 10.1 Å². The number of hydrogen-bond acceptors (Lipinski definition) is 5. The number of nitro groups is 1. The van der Waals surface area contributed by atoms with Gasteiger partial charge in [-0.15, -0.1) is 0 Å². The van der Waals surface area contributed by atoms with Gasteiger partial charge in [0.2, 0.25) is 0 Å². The zero-order chi connectivity index (χ0) is 16.8. The van der Waals surface area contributed by atoms with Crippen LogP contribution < -0.4 is 10.2 Å². The van der Waals surface area contributed by atoms with Crippen LogP contribution in [0.2, 0.25) is 0 Å². The van der Waals surface area contributed by atoms with Crippen LogP contribution in [0.5, 0.6) is 0 Å². The number of aliphatic hydroxyl groups excluding tert-OH is 1. The molecule has 1 heterocycles. The first kappa shape index (κ1) is 17.7. The van der Waals surface area contributed by atoms with E-state index in [1.807, 2.05) is 19.1 Å². The molecule has 2 rings (SSSR count). The lowest BCUT2D eigenvalue weighted by molar-refractivity contribution is -0.384. The van der Waals surface area contributed by atoms with Crippen LogP contribution in [0.25, 0.3) is 0 Å². The summed E-state index contributed by atoms with van der Waals surface area (Å²) in [5.74, 6) is 0.475. The van der Waals surface area contributed by atoms with Crippen molar-refractivity contribution in [2.75, 3.05) is 24.5 Å². The summed E-state index contributed by atoms with van der Waals surface area (Å²) in [6.45, 7) is 6.85. The Labute approximate surface area is 137 Å². The molecule has 1 aliphatic heterocycles. The molecule has 6 nitrogen and oxygen atoms in total. The summed E-state index contributed by atoms with van der Waals surface area (Å²) in [6.07, 6.45) is 2.72. The Balaban J connectivity index is 1.76. The van der Waals surface area contributed by atoms with Crippen molar-refractivity contribution in [3.05, 3.63) is 34.4 Å². The molecule has 2 unspecified atom stereocenters. The van der Waals surface area contributed by atoms with E-state index in [2.05, 4.69) is 17.1 Å². The Hall–Kier alpha value is -1.66. The molecule has 0 bridgehead atoms. The van der Waals surface area contributed by atoms with E-state index in [1.54, 1.807) is 12.1 Å². The molecule has 0 aliphatic carbocycles. The molecule has 0 saturated carbocycles. The summed E-state index contributed by atoms with van der Waals surface area (Å²) in [5.41, 5.74) is 1.19. The number of non-ortho nitro benzene ring substituents is 1. The number of nitrogens with zero attached hydrogens (tertiary/aromatic N) is 2. The Kier molecular flexibility index (Phi) is 6.36. The van der Waals surface area contributed by atoms with Gasteiger partial charge < -0.3 is 15.3 Å². The van der Waals surface area contributed by atoms with E-state index in [-0.39, 0.29) is 16.7 Å². The van der Waals surface area contributed by atoms with Crippen LogP contribution in [0.3, 0.4) is 0 Å².